The third-order valence-corrected chi connectivity index (χ3v) is 6.19. The van der Waals surface area contributed by atoms with Gasteiger partial charge in [-0.05, 0) is 54.0 Å². The zero-order chi connectivity index (χ0) is 14.3. The van der Waals surface area contributed by atoms with Crippen molar-refractivity contribution in [3.8, 4) is 0 Å². The number of carbonyl (C=O) groups is 1. The van der Waals surface area contributed by atoms with E-state index in [1.807, 2.05) is 0 Å². The van der Waals surface area contributed by atoms with E-state index in [4.69, 9.17) is 0 Å². The summed E-state index contributed by atoms with van der Waals surface area (Å²) in [6, 6.07) is 2.15. The molecule has 1 unspecified atom stereocenters. The minimum Gasteiger partial charge on any atom is -0.321 e. The Morgan fingerprint density at radius 3 is 2.81 bits per heavy atom. The first-order valence-corrected chi connectivity index (χ1v) is 9.34. The van der Waals surface area contributed by atoms with E-state index in [-0.39, 0.29) is 11.7 Å². The lowest BCUT2D eigenvalue weighted by Crippen LogP contribution is -2.33. The summed E-state index contributed by atoms with van der Waals surface area (Å²) in [7, 11) is 0. The van der Waals surface area contributed by atoms with Crippen LogP contribution in [-0.2, 0) is 4.79 Å². The summed E-state index contributed by atoms with van der Waals surface area (Å²) in [5.74, 6) is 1.27. The topological polar surface area (TPSA) is 32.3 Å². The molecule has 2 saturated carbocycles. The fraction of sp³-hybridized carbons (Fsp3) is 0.706. The van der Waals surface area contributed by atoms with Gasteiger partial charge in [-0.25, -0.2) is 0 Å². The van der Waals surface area contributed by atoms with E-state index in [0.717, 1.165) is 31.7 Å². The lowest BCUT2D eigenvalue weighted by Gasteiger charge is -2.24. The molecule has 1 aromatic heterocycles. The molecule has 3 nitrogen and oxygen atoms in total. The summed E-state index contributed by atoms with van der Waals surface area (Å²) in [4.78, 5) is 14.8. The molecule has 114 valence electrons. The van der Waals surface area contributed by atoms with Crippen molar-refractivity contribution >= 4 is 17.2 Å². The van der Waals surface area contributed by atoms with Crippen molar-refractivity contribution < 1.29 is 4.79 Å². The van der Waals surface area contributed by atoms with Crippen molar-refractivity contribution in [3.63, 3.8) is 0 Å². The molecule has 2 heterocycles. The first-order valence-electron chi connectivity index (χ1n) is 8.39. The largest absolute Gasteiger partial charge is 0.321 e. The van der Waals surface area contributed by atoms with Crippen LogP contribution in [0.3, 0.4) is 0 Å². The van der Waals surface area contributed by atoms with Crippen LogP contribution in [0, 0.1) is 5.92 Å². The SMILES string of the molecule is O=C1N(CCCC2CCCC2)C(c2ccsc2)NC12CC2. The van der Waals surface area contributed by atoms with Crippen molar-refractivity contribution in [2.75, 3.05) is 6.54 Å². The predicted molar refractivity (Wildman–Crippen MR) is 85.1 cm³/mol. The Balaban J connectivity index is 1.41. The molecule has 4 heteroatoms. The van der Waals surface area contributed by atoms with Crippen molar-refractivity contribution in [2.24, 2.45) is 5.92 Å². The van der Waals surface area contributed by atoms with E-state index in [9.17, 15) is 4.79 Å². The van der Waals surface area contributed by atoms with Crippen molar-refractivity contribution in [3.05, 3.63) is 22.4 Å². The molecule has 0 bridgehead atoms. The van der Waals surface area contributed by atoms with E-state index >= 15 is 0 Å². The molecule has 1 aliphatic heterocycles. The summed E-state index contributed by atoms with van der Waals surface area (Å²) in [6.45, 7) is 0.921. The van der Waals surface area contributed by atoms with Crippen molar-refractivity contribution in [1.29, 1.82) is 0 Å². The molecule has 1 amide bonds. The lowest BCUT2D eigenvalue weighted by atomic mass is 10.0. The highest BCUT2D eigenvalue weighted by Crippen LogP contribution is 2.46. The maximum Gasteiger partial charge on any atom is 0.244 e. The van der Waals surface area contributed by atoms with Gasteiger partial charge in [0.25, 0.3) is 0 Å². The van der Waals surface area contributed by atoms with Gasteiger partial charge < -0.3 is 4.90 Å². The summed E-state index contributed by atoms with van der Waals surface area (Å²) in [5, 5.41) is 7.89. The number of hydrogen-bond donors (Lipinski definition) is 1. The third kappa shape index (κ3) is 2.53. The Labute approximate surface area is 130 Å². The van der Waals surface area contributed by atoms with Gasteiger partial charge in [0.05, 0.1) is 0 Å². The number of hydrogen-bond acceptors (Lipinski definition) is 3. The van der Waals surface area contributed by atoms with Crippen LogP contribution in [-0.4, -0.2) is 22.9 Å². The van der Waals surface area contributed by atoms with Crippen molar-refractivity contribution in [2.45, 2.75) is 63.1 Å². The van der Waals surface area contributed by atoms with Gasteiger partial charge in [-0.3, -0.25) is 10.1 Å². The molecule has 1 spiro atoms. The average Bonchev–Trinajstić information content (AvgIpc) is 2.92. The zero-order valence-electron chi connectivity index (χ0n) is 12.5. The Bertz CT molecular complexity index is 503. The number of amides is 1. The fourth-order valence-electron chi connectivity index (χ4n) is 4.05. The van der Waals surface area contributed by atoms with Crippen LogP contribution in [0.2, 0.25) is 0 Å². The third-order valence-electron chi connectivity index (χ3n) is 5.49. The molecule has 1 atom stereocenters. The number of nitrogens with one attached hydrogen (secondary N) is 1. The molecular formula is C17H24N2OS. The Morgan fingerprint density at radius 2 is 2.14 bits per heavy atom. The molecule has 1 aromatic rings. The molecule has 2 aliphatic carbocycles. The van der Waals surface area contributed by atoms with Gasteiger partial charge in [0.15, 0.2) is 0 Å². The smallest absolute Gasteiger partial charge is 0.244 e. The van der Waals surface area contributed by atoms with Gasteiger partial charge in [-0.15, -0.1) is 0 Å². The highest BCUT2D eigenvalue weighted by molar-refractivity contribution is 7.07. The molecule has 1 N–H and O–H groups in total. The zero-order valence-corrected chi connectivity index (χ0v) is 13.3. The second-order valence-electron chi connectivity index (χ2n) is 6.98. The standard InChI is InChI=1S/C17H24N2OS/c20-16-17(8-9-17)18-15(14-7-11-21-12-14)19(16)10-3-6-13-4-1-2-5-13/h7,11-13,15,18H,1-6,8-10H2. The average molecular weight is 304 g/mol. The van der Waals surface area contributed by atoms with E-state index < -0.39 is 0 Å². The second kappa shape index (κ2) is 5.40. The Morgan fingerprint density at radius 1 is 1.33 bits per heavy atom. The summed E-state index contributed by atoms with van der Waals surface area (Å²) >= 11 is 1.72. The number of rotatable bonds is 5. The Hall–Kier alpha value is -0.870. The van der Waals surface area contributed by atoms with Gasteiger partial charge in [-0.2, -0.15) is 11.3 Å². The second-order valence-corrected chi connectivity index (χ2v) is 7.76. The van der Waals surface area contributed by atoms with Crippen LogP contribution >= 0.6 is 11.3 Å². The monoisotopic (exact) mass is 304 g/mol. The van der Waals surface area contributed by atoms with Gasteiger partial charge in [0, 0.05) is 6.54 Å². The van der Waals surface area contributed by atoms with Crippen LogP contribution in [0.25, 0.3) is 0 Å². The van der Waals surface area contributed by atoms with Gasteiger partial charge >= 0.3 is 0 Å². The summed E-state index contributed by atoms with van der Waals surface area (Å²) < 4.78 is 0. The lowest BCUT2D eigenvalue weighted by molar-refractivity contribution is -0.131. The number of thiophene rings is 1. The highest BCUT2D eigenvalue weighted by atomic mass is 32.1. The van der Waals surface area contributed by atoms with E-state index in [1.165, 1.54) is 37.7 Å². The van der Waals surface area contributed by atoms with Crippen LogP contribution in [0.15, 0.2) is 16.8 Å². The van der Waals surface area contributed by atoms with Crippen LogP contribution in [0.5, 0.6) is 0 Å². The van der Waals surface area contributed by atoms with E-state index in [1.54, 1.807) is 11.3 Å². The minimum absolute atomic E-state index is 0.120. The maximum absolute atomic E-state index is 12.7. The highest BCUT2D eigenvalue weighted by Gasteiger charge is 2.59. The summed E-state index contributed by atoms with van der Waals surface area (Å²) in [6.07, 6.45) is 10.3. The molecular weight excluding hydrogens is 280 g/mol. The molecule has 4 rings (SSSR count). The molecule has 1 saturated heterocycles. The number of nitrogens with zero attached hydrogens (tertiary/aromatic N) is 1. The molecule has 3 aliphatic rings. The molecule has 0 aromatic carbocycles. The van der Waals surface area contributed by atoms with Crippen molar-refractivity contribution in [1.82, 2.24) is 10.2 Å². The first-order chi connectivity index (χ1) is 10.3. The van der Waals surface area contributed by atoms with E-state index in [2.05, 4.69) is 27.0 Å². The maximum atomic E-state index is 12.7. The van der Waals surface area contributed by atoms with E-state index in [0.29, 0.717) is 5.91 Å². The normalized spacial score (nSPS) is 27.9. The fourth-order valence-corrected chi connectivity index (χ4v) is 4.73. The quantitative estimate of drug-likeness (QED) is 0.900. The molecule has 3 fully saturated rings. The van der Waals surface area contributed by atoms with Gasteiger partial charge in [0.2, 0.25) is 5.91 Å². The van der Waals surface area contributed by atoms with Crippen LogP contribution < -0.4 is 5.32 Å². The Kier molecular flexibility index (Phi) is 3.54. The van der Waals surface area contributed by atoms with Gasteiger partial charge in [-0.1, -0.05) is 25.7 Å². The van der Waals surface area contributed by atoms with Gasteiger partial charge in [0.1, 0.15) is 11.7 Å². The number of carbonyl (C=O) groups excluding carboxylic acids is 1. The molecule has 0 radical (unpaired) electrons. The van der Waals surface area contributed by atoms with Crippen LogP contribution in [0.1, 0.15) is 63.1 Å². The molecule has 21 heavy (non-hydrogen) atoms. The predicted octanol–water partition coefficient (Wildman–Crippen LogP) is 3.68. The first kappa shape index (κ1) is 13.8. The van der Waals surface area contributed by atoms with Crippen LogP contribution in [0.4, 0.5) is 0 Å². The minimum atomic E-state index is -0.194. The summed E-state index contributed by atoms with van der Waals surface area (Å²) in [5.41, 5.74) is 1.07.